The van der Waals surface area contributed by atoms with Crippen LogP contribution in [0.2, 0.25) is 0 Å². The third-order valence-electron chi connectivity index (χ3n) is 4.72. The summed E-state index contributed by atoms with van der Waals surface area (Å²) in [6, 6.07) is 16.6. The van der Waals surface area contributed by atoms with Crippen molar-refractivity contribution in [1.82, 2.24) is 20.5 Å². The first-order chi connectivity index (χ1) is 12.1. The monoisotopic (exact) mass is 338 g/mol. The van der Waals surface area contributed by atoms with Crippen molar-refractivity contribution in [3.63, 3.8) is 0 Å². The predicted octanol–water partition coefficient (Wildman–Crippen LogP) is 2.68. The molecule has 5 nitrogen and oxygen atoms in total. The molecule has 0 unspecified atom stereocenters. The van der Waals surface area contributed by atoms with Gasteiger partial charge in [0.05, 0.1) is 12.1 Å². The molecule has 1 saturated heterocycles. The number of aromatic nitrogens is 1. The lowest BCUT2D eigenvalue weighted by molar-refractivity contribution is 0.230. The van der Waals surface area contributed by atoms with E-state index in [1.54, 1.807) is 0 Å². The van der Waals surface area contributed by atoms with Crippen LogP contribution >= 0.6 is 0 Å². The first kappa shape index (κ1) is 17.4. The van der Waals surface area contributed by atoms with Crippen molar-refractivity contribution in [2.75, 3.05) is 20.1 Å². The molecule has 0 saturated carbocycles. The maximum Gasteiger partial charge on any atom is 0.315 e. The Morgan fingerprint density at radius 2 is 2.00 bits per heavy atom. The minimum Gasteiger partial charge on any atom is -0.338 e. The molecule has 0 bridgehead atoms. The number of nitrogens with one attached hydrogen (secondary N) is 2. The number of nitrogens with zero attached hydrogens (tertiary/aromatic N) is 2. The number of urea groups is 1. The van der Waals surface area contributed by atoms with E-state index in [4.69, 9.17) is 0 Å². The van der Waals surface area contributed by atoms with E-state index in [0.717, 1.165) is 30.8 Å². The summed E-state index contributed by atoms with van der Waals surface area (Å²) >= 11 is 0. The van der Waals surface area contributed by atoms with Crippen molar-refractivity contribution >= 4 is 6.03 Å². The number of carbonyl (C=O) groups excluding carboxylic acids is 1. The summed E-state index contributed by atoms with van der Waals surface area (Å²) in [4.78, 5) is 19.0. The van der Waals surface area contributed by atoms with Crippen LogP contribution in [0.4, 0.5) is 4.79 Å². The summed E-state index contributed by atoms with van der Waals surface area (Å²) in [5.41, 5.74) is 3.25. The lowest BCUT2D eigenvalue weighted by Crippen LogP contribution is -2.45. The van der Waals surface area contributed by atoms with Crippen LogP contribution in [0.25, 0.3) is 0 Å². The lowest BCUT2D eigenvalue weighted by Gasteiger charge is -2.26. The highest BCUT2D eigenvalue weighted by Gasteiger charge is 2.33. The Labute approximate surface area is 149 Å². The molecule has 0 radical (unpaired) electrons. The first-order valence-corrected chi connectivity index (χ1v) is 8.85. The number of pyridine rings is 1. The second-order valence-electron chi connectivity index (χ2n) is 6.65. The minimum atomic E-state index is -0.103. The van der Waals surface area contributed by atoms with Crippen molar-refractivity contribution in [3.8, 4) is 0 Å². The second-order valence-corrected chi connectivity index (χ2v) is 6.65. The Hall–Kier alpha value is -2.40. The third kappa shape index (κ3) is 4.57. The van der Waals surface area contributed by atoms with Crippen molar-refractivity contribution in [2.45, 2.75) is 31.8 Å². The van der Waals surface area contributed by atoms with Crippen LogP contribution in [0.1, 0.15) is 29.4 Å². The van der Waals surface area contributed by atoms with Crippen molar-refractivity contribution < 1.29 is 4.79 Å². The SMILES string of the molecule is Cc1cccc(CCNC(=O)N[C@H]2CCN(C)[C@@H]2c2ccccc2)n1. The van der Waals surface area contributed by atoms with Crippen molar-refractivity contribution in [3.05, 3.63) is 65.5 Å². The number of aryl methyl sites for hydroxylation is 1. The topological polar surface area (TPSA) is 57.3 Å². The molecule has 132 valence electrons. The summed E-state index contributed by atoms with van der Waals surface area (Å²) in [7, 11) is 2.11. The quantitative estimate of drug-likeness (QED) is 0.881. The van der Waals surface area contributed by atoms with Crippen molar-refractivity contribution in [1.29, 1.82) is 0 Å². The van der Waals surface area contributed by atoms with Gasteiger partial charge in [0.15, 0.2) is 0 Å². The van der Waals surface area contributed by atoms with Gasteiger partial charge >= 0.3 is 6.03 Å². The number of likely N-dealkylation sites (tertiary alicyclic amines) is 1. The van der Waals surface area contributed by atoms with Gasteiger partial charge in [0, 0.05) is 30.9 Å². The van der Waals surface area contributed by atoms with Crippen LogP contribution in [0, 0.1) is 6.92 Å². The van der Waals surface area contributed by atoms with E-state index in [9.17, 15) is 4.79 Å². The van der Waals surface area contributed by atoms with Gasteiger partial charge in [0.25, 0.3) is 0 Å². The molecule has 2 atom stereocenters. The van der Waals surface area contributed by atoms with E-state index in [1.165, 1.54) is 5.56 Å². The maximum absolute atomic E-state index is 12.3. The second kappa shape index (κ2) is 8.12. The van der Waals surface area contributed by atoms with Gasteiger partial charge in [0.2, 0.25) is 0 Å². The fourth-order valence-electron chi connectivity index (χ4n) is 3.50. The molecule has 25 heavy (non-hydrogen) atoms. The van der Waals surface area contributed by atoms with Gasteiger partial charge < -0.3 is 10.6 Å². The molecule has 0 spiro atoms. The number of amides is 2. The Morgan fingerprint density at radius 3 is 2.76 bits per heavy atom. The average molecular weight is 338 g/mol. The summed E-state index contributed by atoms with van der Waals surface area (Å²) in [5.74, 6) is 0. The minimum absolute atomic E-state index is 0.103. The molecule has 1 fully saturated rings. The molecule has 5 heteroatoms. The fourth-order valence-corrected chi connectivity index (χ4v) is 3.50. The van der Waals surface area contributed by atoms with Crippen LogP contribution in [0.15, 0.2) is 48.5 Å². The Morgan fingerprint density at radius 1 is 1.20 bits per heavy atom. The first-order valence-electron chi connectivity index (χ1n) is 8.85. The van der Waals surface area contributed by atoms with Gasteiger partial charge in [-0.1, -0.05) is 36.4 Å². The molecule has 3 rings (SSSR count). The van der Waals surface area contributed by atoms with Crippen LogP contribution in [0.5, 0.6) is 0 Å². The Bertz CT molecular complexity index is 704. The highest BCUT2D eigenvalue weighted by atomic mass is 16.2. The predicted molar refractivity (Wildman–Crippen MR) is 99.4 cm³/mol. The van der Waals surface area contributed by atoms with Gasteiger partial charge in [-0.3, -0.25) is 9.88 Å². The number of hydrogen-bond acceptors (Lipinski definition) is 3. The van der Waals surface area contributed by atoms with Gasteiger partial charge in [-0.25, -0.2) is 4.79 Å². The fraction of sp³-hybridized carbons (Fsp3) is 0.400. The Kier molecular flexibility index (Phi) is 5.66. The molecule has 0 aliphatic carbocycles. The number of likely N-dealkylation sites (N-methyl/N-ethyl adjacent to an activating group) is 1. The molecule has 2 amide bonds. The normalized spacial score (nSPS) is 20.4. The van der Waals surface area contributed by atoms with Crippen LogP contribution in [-0.2, 0) is 6.42 Å². The standard InChI is InChI=1S/C20H26N4O/c1-15-7-6-10-17(22-15)11-13-21-20(25)23-18-12-14-24(2)19(18)16-8-4-3-5-9-16/h3-10,18-19H,11-14H2,1-2H3,(H2,21,23,25)/t18-,19+/m0/s1. The van der Waals surface area contributed by atoms with Gasteiger partial charge in [-0.2, -0.15) is 0 Å². The number of rotatable bonds is 5. The molecule has 1 aliphatic heterocycles. The summed E-state index contributed by atoms with van der Waals surface area (Å²) in [6.45, 7) is 3.54. The highest BCUT2D eigenvalue weighted by molar-refractivity contribution is 5.74. The smallest absolute Gasteiger partial charge is 0.315 e. The summed E-state index contributed by atoms with van der Waals surface area (Å²) in [6.07, 6.45) is 1.70. The molecular formula is C20H26N4O. The van der Waals surface area contributed by atoms with E-state index in [2.05, 4.69) is 39.7 Å². The lowest BCUT2D eigenvalue weighted by atomic mass is 10.0. The number of carbonyl (C=O) groups is 1. The summed E-state index contributed by atoms with van der Waals surface area (Å²) in [5, 5.41) is 6.10. The van der Waals surface area contributed by atoms with E-state index in [-0.39, 0.29) is 18.1 Å². The molecule has 2 heterocycles. The Balaban J connectivity index is 1.51. The third-order valence-corrected chi connectivity index (χ3v) is 4.72. The number of benzene rings is 1. The molecule has 1 aromatic heterocycles. The average Bonchev–Trinajstić information content (AvgIpc) is 2.96. The largest absolute Gasteiger partial charge is 0.338 e. The van der Waals surface area contributed by atoms with Crippen LogP contribution in [-0.4, -0.2) is 42.1 Å². The van der Waals surface area contributed by atoms with Crippen LogP contribution in [0.3, 0.4) is 0 Å². The van der Waals surface area contributed by atoms with Crippen LogP contribution < -0.4 is 10.6 Å². The van der Waals surface area contributed by atoms with E-state index in [0.29, 0.717) is 6.54 Å². The molecule has 2 aromatic rings. The van der Waals surface area contributed by atoms with E-state index >= 15 is 0 Å². The molecule has 2 N–H and O–H groups in total. The van der Waals surface area contributed by atoms with Crippen molar-refractivity contribution in [2.24, 2.45) is 0 Å². The molecular weight excluding hydrogens is 312 g/mol. The zero-order valence-electron chi connectivity index (χ0n) is 14.9. The highest BCUT2D eigenvalue weighted by Crippen LogP contribution is 2.30. The number of hydrogen-bond donors (Lipinski definition) is 2. The van der Waals surface area contributed by atoms with E-state index < -0.39 is 0 Å². The summed E-state index contributed by atoms with van der Waals surface area (Å²) < 4.78 is 0. The molecule has 1 aromatic carbocycles. The zero-order chi connectivity index (χ0) is 17.6. The van der Waals surface area contributed by atoms with Gasteiger partial charge in [-0.05, 0) is 38.1 Å². The van der Waals surface area contributed by atoms with Gasteiger partial charge in [0.1, 0.15) is 0 Å². The maximum atomic E-state index is 12.3. The molecule has 1 aliphatic rings. The van der Waals surface area contributed by atoms with Gasteiger partial charge in [-0.15, -0.1) is 0 Å². The zero-order valence-corrected chi connectivity index (χ0v) is 14.9. The van der Waals surface area contributed by atoms with E-state index in [1.807, 2.05) is 43.3 Å².